The fourth-order valence-electron chi connectivity index (χ4n) is 4.95. The molecular weight excluding hydrogens is 347 g/mol. The van der Waals surface area contributed by atoms with Gasteiger partial charge in [-0.25, -0.2) is 4.39 Å². The zero-order chi connectivity index (χ0) is 19.2. The van der Waals surface area contributed by atoms with Crippen molar-refractivity contribution in [1.29, 1.82) is 0 Å². The van der Waals surface area contributed by atoms with Gasteiger partial charge in [-0.3, -0.25) is 9.59 Å². The minimum absolute atomic E-state index is 0.0187. The first-order valence-corrected chi connectivity index (χ1v) is 9.73. The number of aryl methyl sites for hydroxylation is 1. The average Bonchev–Trinajstić information content (AvgIpc) is 2.78. The van der Waals surface area contributed by atoms with Crippen molar-refractivity contribution in [2.45, 2.75) is 63.5 Å². The second-order valence-electron chi connectivity index (χ2n) is 8.09. The summed E-state index contributed by atoms with van der Waals surface area (Å²) in [7, 11) is 0. The summed E-state index contributed by atoms with van der Waals surface area (Å²) in [5.74, 6) is -0.856. The van der Waals surface area contributed by atoms with Crippen LogP contribution in [0.2, 0.25) is 0 Å². The molecule has 1 spiro atoms. The van der Waals surface area contributed by atoms with Gasteiger partial charge in [-0.2, -0.15) is 0 Å². The van der Waals surface area contributed by atoms with E-state index in [1.807, 2.05) is 0 Å². The zero-order valence-corrected chi connectivity index (χ0v) is 15.6. The number of fused-ring (bicyclic) bond motifs is 1. The summed E-state index contributed by atoms with van der Waals surface area (Å²) >= 11 is 0. The molecule has 1 aliphatic carbocycles. The number of aromatic nitrogens is 1. The molecule has 2 fully saturated rings. The smallest absolute Gasteiger partial charge is 0.259 e. The number of aromatic amines is 1. The largest absolute Gasteiger partial charge is 0.391 e. The van der Waals surface area contributed by atoms with E-state index >= 15 is 0 Å². The Morgan fingerprint density at radius 2 is 1.96 bits per heavy atom. The number of aliphatic hydroxyl groups excluding tert-OH is 1. The Labute approximate surface area is 157 Å². The molecule has 6 heteroatoms. The highest BCUT2D eigenvalue weighted by molar-refractivity contribution is 5.98. The van der Waals surface area contributed by atoms with Gasteiger partial charge in [-0.15, -0.1) is 0 Å². The van der Waals surface area contributed by atoms with E-state index in [0.717, 1.165) is 38.5 Å². The van der Waals surface area contributed by atoms with Crippen LogP contribution in [0.15, 0.2) is 23.1 Å². The van der Waals surface area contributed by atoms with Gasteiger partial charge in [0.05, 0.1) is 11.6 Å². The van der Waals surface area contributed by atoms with Crippen LogP contribution in [0.1, 0.15) is 60.9 Å². The highest BCUT2D eigenvalue weighted by atomic mass is 19.1. The van der Waals surface area contributed by atoms with Gasteiger partial charge in [0.25, 0.3) is 5.91 Å². The molecule has 5 nitrogen and oxygen atoms in total. The van der Waals surface area contributed by atoms with Gasteiger partial charge in [0.1, 0.15) is 11.4 Å². The average molecular weight is 372 g/mol. The lowest BCUT2D eigenvalue weighted by Gasteiger charge is -2.37. The molecule has 1 aromatic carbocycles. The van der Waals surface area contributed by atoms with E-state index in [9.17, 15) is 19.1 Å². The topological polar surface area (TPSA) is 73.4 Å². The number of β-amino-alcohol motifs (C(OH)–C–C–N with tert-alkyl or cyclic N) is 1. The van der Waals surface area contributed by atoms with Crippen molar-refractivity contribution in [2.75, 3.05) is 6.54 Å². The molecule has 2 aromatic rings. The number of carbonyl (C=O) groups excluding carboxylic acids is 1. The van der Waals surface area contributed by atoms with Gasteiger partial charge in [-0.1, -0.05) is 25.7 Å². The molecule has 2 N–H and O–H groups in total. The number of pyridine rings is 1. The third-order valence-electron chi connectivity index (χ3n) is 6.24. The highest BCUT2D eigenvalue weighted by Gasteiger charge is 2.47. The third-order valence-corrected chi connectivity index (χ3v) is 6.24. The highest BCUT2D eigenvalue weighted by Crippen LogP contribution is 2.41. The SMILES string of the molecule is Cc1cc(F)cc2c(=O)c(C(=O)N3CC(O)CC34CCCCCC4)c[nH]c12. The number of nitrogens with one attached hydrogen (secondary N) is 1. The number of rotatable bonds is 1. The van der Waals surface area contributed by atoms with Crippen LogP contribution in [0, 0.1) is 12.7 Å². The molecule has 1 aromatic heterocycles. The Balaban J connectivity index is 1.78. The maximum Gasteiger partial charge on any atom is 0.259 e. The number of benzene rings is 1. The molecule has 27 heavy (non-hydrogen) atoms. The Morgan fingerprint density at radius 3 is 2.67 bits per heavy atom. The molecule has 1 amide bonds. The third kappa shape index (κ3) is 3.06. The molecule has 0 radical (unpaired) electrons. The van der Waals surface area contributed by atoms with E-state index in [0.29, 0.717) is 17.5 Å². The summed E-state index contributed by atoms with van der Waals surface area (Å²) in [4.78, 5) is 31.0. The van der Waals surface area contributed by atoms with Gasteiger partial charge in [0.2, 0.25) is 5.43 Å². The van der Waals surface area contributed by atoms with Crippen LogP contribution in [-0.2, 0) is 0 Å². The predicted molar refractivity (Wildman–Crippen MR) is 101 cm³/mol. The van der Waals surface area contributed by atoms with Gasteiger partial charge in [-0.05, 0) is 43.9 Å². The van der Waals surface area contributed by atoms with E-state index in [1.165, 1.54) is 18.3 Å². The number of carbonyl (C=O) groups is 1. The molecule has 1 saturated carbocycles. The van der Waals surface area contributed by atoms with Crippen LogP contribution in [0.25, 0.3) is 10.9 Å². The summed E-state index contributed by atoms with van der Waals surface area (Å²) in [6.45, 7) is 1.97. The van der Waals surface area contributed by atoms with Gasteiger partial charge in [0.15, 0.2) is 0 Å². The van der Waals surface area contributed by atoms with Gasteiger partial charge >= 0.3 is 0 Å². The zero-order valence-electron chi connectivity index (χ0n) is 15.6. The van der Waals surface area contributed by atoms with Crippen LogP contribution >= 0.6 is 0 Å². The lowest BCUT2D eigenvalue weighted by atomic mass is 9.86. The van der Waals surface area contributed by atoms with Gasteiger partial charge < -0.3 is 15.0 Å². The van der Waals surface area contributed by atoms with E-state index in [1.54, 1.807) is 11.8 Å². The molecule has 1 atom stereocenters. The van der Waals surface area contributed by atoms with Crippen molar-refractivity contribution in [1.82, 2.24) is 9.88 Å². The number of halogens is 1. The van der Waals surface area contributed by atoms with Crippen molar-refractivity contribution in [3.63, 3.8) is 0 Å². The molecule has 4 rings (SSSR count). The summed E-state index contributed by atoms with van der Waals surface area (Å²) < 4.78 is 13.8. The normalized spacial score (nSPS) is 22.3. The summed E-state index contributed by atoms with van der Waals surface area (Å²) in [5.41, 5.74) is 0.361. The number of H-pyrrole nitrogens is 1. The first kappa shape index (κ1) is 18.2. The Kier molecular flexibility index (Phi) is 4.54. The lowest BCUT2D eigenvalue weighted by Crippen LogP contribution is -2.48. The van der Waals surface area contributed by atoms with E-state index in [4.69, 9.17) is 0 Å². The molecule has 2 heterocycles. The Hall–Kier alpha value is -2.21. The Bertz CT molecular complexity index is 944. The lowest BCUT2D eigenvalue weighted by molar-refractivity contribution is 0.0552. The van der Waals surface area contributed by atoms with Crippen molar-refractivity contribution < 1.29 is 14.3 Å². The summed E-state index contributed by atoms with van der Waals surface area (Å²) in [6, 6.07) is 2.54. The first-order valence-electron chi connectivity index (χ1n) is 9.73. The standard InChI is InChI=1S/C21H25FN2O3/c1-13-8-14(22)9-16-18(13)23-11-17(19(16)26)20(27)24-12-15(25)10-21(24)6-4-2-3-5-7-21/h8-9,11,15,25H,2-7,10,12H2,1H3,(H,23,26). The summed E-state index contributed by atoms with van der Waals surface area (Å²) in [6.07, 6.45) is 7.47. The first-order chi connectivity index (χ1) is 12.9. The molecule has 144 valence electrons. The fraction of sp³-hybridized carbons (Fsp3) is 0.524. The maximum atomic E-state index is 13.8. The van der Waals surface area contributed by atoms with E-state index in [2.05, 4.69) is 4.98 Å². The minimum Gasteiger partial charge on any atom is -0.391 e. The minimum atomic E-state index is -0.564. The molecular formula is C21H25FN2O3. The number of amides is 1. The van der Waals surface area contributed by atoms with Crippen LogP contribution in [0.4, 0.5) is 4.39 Å². The number of hydrogen-bond donors (Lipinski definition) is 2. The molecule has 2 aliphatic rings. The van der Waals surface area contributed by atoms with E-state index in [-0.39, 0.29) is 28.9 Å². The molecule has 1 unspecified atom stereocenters. The van der Waals surface area contributed by atoms with Crippen LogP contribution < -0.4 is 5.43 Å². The number of aliphatic hydroxyl groups is 1. The number of likely N-dealkylation sites (tertiary alicyclic amines) is 1. The van der Waals surface area contributed by atoms with Crippen LogP contribution in [0.3, 0.4) is 0 Å². The van der Waals surface area contributed by atoms with Crippen molar-refractivity contribution in [2.24, 2.45) is 0 Å². The van der Waals surface area contributed by atoms with Crippen molar-refractivity contribution in [3.8, 4) is 0 Å². The second-order valence-corrected chi connectivity index (χ2v) is 8.09. The predicted octanol–water partition coefficient (Wildman–Crippen LogP) is 3.28. The van der Waals surface area contributed by atoms with E-state index < -0.39 is 17.3 Å². The summed E-state index contributed by atoms with van der Waals surface area (Å²) in [5, 5.41) is 10.5. The quantitative estimate of drug-likeness (QED) is 0.807. The monoisotopic (exact) mass is 372 g/mol. The maximum absolute atomic E-state index is 13.8. The van der Waals surface area contributed by atoms with Crippen LogP contribution in [-0.4, -0.2) is 39.1 Å². The van der Waals surface area contributed by atoms with Gasteiger partial charge in [0, 0.05) is 23.7 Å². The molecule has 0 bridgehead atoms. The fourth-order valence-corrected chi connectivity index (χ4v) is 4.95. The second kappa shape index (κ2) is 6.75. The van der Waals surface area contributed by atoms with Crippen molar-refractivity contribution >= 4 is 16.8 Å². The molecule has 1 aliphatic heterocycles. The van der Waals surface area contributed by atoms with Crippen molar-refractivity contribution in [3.05, 3.63) is 45.5 Å². The molecule has 1 saturated heterocycles. The number of hydrogen-bond acceptors (Lipinski definition) is 3. The number of nitrogens with zero attached hydrogens (tertiary/aromatic N) is 1. The Morgan fingerprint density at radius 1 is 1.26 bits per heavy atom. The van der Waals surface area contributed by atoms with Crippen LogP contribution in [0.5, 0.6) is 0 Å².